The average molecular weight is 435 g/mol. The van der Waals surface area contributed by atoms with Crippen LogP contribution in [0.4, 0.5) is 0 Å². The zero-order valence-electron chi connectivity index (χ0n) is 17.3. The monoisotopic (exact) mass is 434 g/mol. The Kier molecular flexibility index (Phi) is 5.24. The topological polar surface area (TPSA) is 64.2 Å². The molecule has 3 heterocycles. The molecule has 6 nitrogen and oxygen atoms in total. The van der Waals surface area contributed by atoms with Crippen LogP contribution in [0, 0.1) is 6.92 Å². The Balaban J connectivity index is 1.33. The summed E-state index contributed by atoms with van der Waals surface area (Å²) < 4.78 is 8.03. The molecule has 1 atom stereocenters. The second-order valence-electron chi connectivity index (χ2n) is 7.95. The van der Waals surface area contributed by atoms with E-state index in [2.05, 4.69) is 9.97 Å². The Morgan fingerprint density at radius 1 is 1.23 bits per heavy atom. The number of carbonyl (C=O) groups is 1. The van der Waals surface area contributed by atoms with Gasteiger partial charge in [-0.3, -0.25) is 4.79 Å². The van der Waals surface area contributed by atoms with E-state index in [4.69, 9.17) is 16.0 Å². The highest BCUT2D eigenvalue weighted by Gasteiger charge is 2.33. The minimum absolute atomic E-state index is 0.0587. The first-order valence-corrected chi connectivity index (χ1v) is 10.9. The number of benzene rings is 2. The number of aromatic nitrogens is 3. The maximum atomic E-state index is 13.2. The van der Waals surface area contributed by atoms with Crippen molar-refractivity contribution in [1.29, 1.82) is 0 Å². The van der Waals surface area contributed by atoms with E-state index in [1.165, 1.54) is 0 Å². The number of oxazole rings is 1. The third-order valence-electron chi connectivity index (χ3n) is 5.84. The molecule has 158 valence electrons. The number of halogens is 1. The zero-order valence-corrected chi connectivity index (χ0v) is 18.0. The molecule has 0 unspecified atom stereocenters. The third kappa shape index (κ3) is 3.95. The smallest absolute Gasteiger partial charge is 0.243 e. The fourth-order valence-corrected chi connectivity index (χ4v) is 4.56. The Bertz CT molecular complexity index is 1250. The number of hydrogen-bond donors (Lipinski definition) is 0. The summed E-state index contributed by atoms with van der Waals surface area (Å²) in [6, 6.07) is 15.5. The van der Waals surface area contributed by atoms with Crippen molar-refractivity contribution in [3.63, 3.8) is 0 Å². The summed E-state index contributed by atoms with van der Waals surface area (Å²) in [5.41, 5.74) is 2.95. The number of likely N-dealkylation sites (tertiary alicyclic amines) is 1. The van der Waals surface area contributed by atoms with E-state index in [9.17, 15) is 4.79 Å². The molecule has 1 aliphatic rings. The van der Waals surface area contributed by atoms with Crippen molar-refractivity contribution in [3.8, 4) is 0 Å². The molecule has 0 radical (unpaired) electrons. The molecule has 4 aromatic rings. The second kappa shape index (κ2) is 8.19. The highest BCUT2D eigenvalue weighted by molar-refractivity contribution is 6.30. The van der Waals surface area contributed by atoms with Crippen LogP contribution in [0.3, 0.4) is 0 Å². The molecule has 0 N–H and O–H groups in total. The molecule has 0 bridgehead atoms. The van der Waals surface area contributed by atoms with Crippen molar-refractivity contribution >= 4 is 28.5 Å². The number of carbonyl (C=O) groups excluding carboxylic acids is 1. The van der Waals surface area contributed by atoms with Gasteiger partial charge in [-0.15, -0.1) is 0 Å². The van der Waals surface area contributed by atoms with Gasteiger partial charge in [-0.2, -0.15) is 0 Å². The van der Waals surface area contributed by atoms with Crippen molar-refractivity contribution < 1.29 is 9.21 Å². The Morgan fingerprint density at radius 3 is 2.97 bits per heavy atom. The SMILES string of the molecule is Cc1nc2ccccc2n1CC(=O)N1CCC[C@H]1c1ncc(Cc2cccc(Cl)c2)o1. The molecule has 1 amide bonds. The summed E-state index contributed by atoms with van der Waals surface area (Å²) >= 11 is 6.08. The molecule has 2 aromatic heterocycles. The maximum Gasteiger partial charge on any atom is 0.243 e. The zero-order chi connectivity index (χ0) is 21.4. The van der Waals surface area contributed by atoms with E-state index in [0.29, 0.717) is 23.9 Å². The standard InChI is InChI=1S/C24H23ClN4O2/c1-16-27-20-8-2-3-9-21(20)29(16)15-23(30)28-11-5-10-22(28)24-26-14-19(31-24)13-17-6-4-7-18(25)12-17/h2-4,6-9,12,14,22H,5,10-11,13,15H2,1H3/t22-/m0/s1. The number of nitrogens with zero attached hydrogens (tertiary/aromatic N) is 4. The lowest BCUT2D eigenvalue weighted by atomic mass is 10.1. The molecule has 0 saturated carbocycles. The lowest BCUT2D eigenvalue weighted by Crippen LogP contribution is -2.33. The number of imidazole rings is 1. The quantitative estimate of drug-likeness (QED) is 0.446. The number of rotatable bonds is 5. The van der Waals surface area contributed by atoms with E-state index < -0.39 is 0 Å². The Morgan fingerprint density at radius 2 is 2.10 bits per heavy atom. The van der Waals surface area contributed by atoms with Gasteiger partial charge in [0.2, 0.25) is 11.8 Å². The van der Waals surface area contributed by atoms with Crippen LogP contribution in [0.15, 0.2) is 59.1 Å². The van der Waals surface area contributed by atoms with Crippen molar-refractivity contribution in [2.24, 2.45) is 0 Å². The molecular formula is C24H23ClN4O2. The second-order valence-corrected chi connectivity index (χ2v) is 8.39. The van der Waals surface area contributed by atoms with Gasteiger partial charge in [-0.25, -0.2) is 9.97 Å². The van der Waals surface area contributed by atoms with Crippen LogP contribution < -0.4 is 0 Å². The van der Waals surface area contributed by atoms with Gasteiger partial charge in [-0.1, -0.05) is 35.9 Å². The van der Waals surface area contributed by atoms with Crippen molar-refractivity contribution in [3.05, 3.63) is 82.8 Å². The third-order valence-corrected chi connectivity index (χ3v) is 6.07. The van der Waals surface area contributed by atoms with E-state index in [1.807, 2.05) is 64.9 Å². The van der Waals surface area contributed by atoms with E-state index in [0.717, 1.165) is 41.0 Å². The summed E-state index contributed by atoms with van der Waals surface area (Å²) in [5.74, 6) is 2.27. The fraction of sp³-hybridized carbons (Fsp3) is 0.292. The number of para-hydroxylation sites is 2. The number of amides is 1. The molecule has 1 aliphatic heterocycles. The van der Waals surface area contributed by atoms with Gasteiger partial charge in [0, 0.05) is 18.0 Å². The maximum absolute atomic E-state index is 13.2. The van der Waals surface area contributed by atoms with Crippen LogP contribution in [0.5, 0.6) is 0 Å². The molecule has 5 rings (SSSR count). The van der Waals surface area contributed by atoms with Crippen molar-refractivity contribution in [1.82, 2.24) is 19.4 Å². The summed E-state index contributed by atoms with van der Waals surface area (Å²) in [4.78, 5) is 24.2. The van der Waals surface area contributed by atoms with Crippen LogP contribution in [-0.4, -0.2) is 31.9 Å². The Hall–Kier alpha value is -3.12. The predicted octanol–water partition coefficient (Wildman–Crippen LogP) is 4.94. The summed E-state index contributed by atoms with van der Waals surface area (Å²) in [5, 5.41) is 0.701. The summed E-state index contributed by atoms with van der Waals surface area (Å²) in [6.07, 6.45) is 4.16. The van der Waals surface area contributed by atoms with Gasteiger partial charge in [0.05, 0.1) is 17.2 Å². The van der Waals surface area contributed by atoms with Gasteiger partial charge in [0.1, 0.15) is 24.2 Å². The number of aryl methyl sites for hydroxylation is 1. The highest BCUT2D eigenvalue weighted by atomic mass is 35.5. The minimum Gasteiger partial charge on any atom is -0.443 e. The number of fused-ring (bicyclic) bond motifs is 1. The van der Waals surface area contributed by atoms with E-state index >= 15 is 0 Å². The number of hydrogen-bond acceptors (Lipinski definition) is 4. The molecular weight excluding hydrogens is 412 g/mol. The van der Waals surface area contributed by atoms with Gasteiger partial charge in [0.15, 0.2) is 0 Å². The van der Waals surface area contributed by atoms with Crippen LogP contribution >= 0.6 is 11.6 Å². The molecule has 1 fully saturated rings. The van der Waals surface area contributed by atoms with Crippen LogP contribution in [0.1, 0.15) is 41.9 Å². The molecule has 7 heteroatoms. The van der Waals surface area contributed by atoms with Gasteiger partial charge >= 0.3 is 0 Å². The largest absolute Gasteiger partial charge is 0.443 e. The van der Waals surface area contributed by atoms with Crippen LogP contribution in [0.25, 0.3) is 11.0 Å². The van der Waals surface area contributed by atoms with Crippen LogP contribution in [-0.2, 0) is 17.8 Å². The average Bonchev–Trinajstić information content (AvgIpc) is 3.47. The Labute approximate surface area is 185 Å². The molecule has 1 saturated heterocycles. The molecule has 2 aromatic carbocycles. The molecule has 0 spiro atoms. The molecule has 0 aliphatic carbocycles. The molecule has 31 heavy (non-hydrogen) atoms. The highest BCUT2D eigenvalue weighted by Crippen LogP contribution is 2.32. The summed E-state index contributed by atoms with van der Waals surface area (Å²) in [7, 11) is 0. The van der Waals surface area contributed by atoms with Crippen molar-refractivity contribution in [2.45, 2.75) is 38.8 Å². The lowest BCUT2D eigenvalue weighted by molar-refractivity contribution is -0.133. The van der Waals surface area contributed by atoms with E-state index in [-0.39, 0.29) is 18.5 Å². The first-order chi connectivity index (χ1) is 15.1. The summed E-state index contributed by atoms with van der Waals surface area (Å²) in [6.45, 7) is 2.91. The lowest BCUT2D eigenvalue weighted by Gasteiger charge is -2.23. The normalized spacial score (nSPS) is 16.3. The fourth-order valence-electron chi connectivity index (χ4n) is 4.35. The van der Waals surface area contributed by atoms with Gasteiger partial charge in [-0.05, 0) is 49.6 Å². The van der Waals surface area contributed by atoms with Crippen LogP contribution in [0.2, 0.25) is 5.02 Å². The first-order valence-electron chi connectivity index (χ1n) is 10.5. The van der Waals surface area contributed by atoms with E-state index in [1.54, 1.807) is 6.20 Å². The predicted molar refractivity (Wildman–Crippen MR) is 119 cm³/mol. The van der Waals surface area contributed by atoms with Gasteiger partial charge < -0.3 is 13.9 Å². The minimum atomic E-state index is -0.129. The first kappa shape index (κ1) is 19.8. The van der Waals surface area contributed by atoms with Crippen molar-refractivity contribution in [2.75, 3.05) is 6.54 Å². The van der Waals surface area contributed by atoms with Gasteiger partial charge in [0.25, 0.3) is 0 Å².